The van der Waals surface area contributed by atoms with Crippen LogP contribution in [0.1, 0.15) is 47.1 Å². The molecule has 1 aliphatic rings. The molecule has 3 heterocycles. The summed E-state index contributed by atoms with van der Waals surface area (Å²) in [5.74, 6) is 1.04. The number of fused-ring (bicyclic) bond motifs is 1. The fourth-order valence-electron chi connectivity index (χ4n) is 3.46. The summed E-state index contributed by atoms with van der Waals surface area (Å²) in [6.45, 7) is 5.80. The first-order valence-electron chi connectivity index (χ1n) is 10.1. The number of pyridine rings is 1. The van der Waals surface area contributed by atoms with Crippen molar-refractivity contribution in [1.29, 1.82) is 0 Å². The predicted octanol–water partition coefficient (Wildman–Crippen LogP) is 4.53. The molecule has 0 spiro atoms. The van der Waals surface area contributed by atoms with Gasteiger partial charge in [0, 0.05) is 37.0 Å². The molecule has 2 aromatic heterocycles. The molecule has 3 aromatic rings. The number of anilines is 2. The maximum absolute atomic E-state index is 12.7. The molecule has 1 aromatic carbocycles. The number of benzene rings is 1. The molecule has 154 valence electrons. The minimum atomic E-state index is -0.209. The Morgan fingerprint density at radius 2 is 1.93 bits per heavy atom. The highest BCUT2D eigenvalue weighted by molar-refractivity contribution is 7.98. The maximum Gasteiger partial charge on any atom is 0.274 e. The molecule has 4 rings (SSSR count). The van der Waals surface area contributed by atoms with Crippen LogP contribution in [0.4, 0.5) is 11.5 Å². The molecule has 0 atom stereocenters. The molecular formula is C23H25N5OS. The van der Waals surface area contributed by atoms with Gasteiger partial charge in [-0.1, -0.05) is 43.8 Å². The van der Waals surface area contributed by atoms with Crippen LogP contribution in [0, 0.1) is 0 Å². The number of rotatable bonds is 5. The van der Waals surface area contributed by atoms with Crippen LogP contribution in [0.3, 0.4) is 0 Å². The molecule has 1 N–H and O–H groups in total. The van der Waals surface area contributed by atoms with Gasteiger partial charge in [-0.25, -0.2) is 15.0 Å². The van der Waals surface area contributed by atoms with Crippen molar-refractivity contribution in [3.05, 3.63) is 71.2 Å². The van der Waals surface area contributed by atoms with Crippen molar-refractivity contribution in [1.82, 2.24) is 15.0 Å². The van der Waals surface area contributed by atoms with Gasteiger partial charge in [-0.3, -0.25) is 4.79 Å². The Hall–Kier alpha value is -2.93. The van der Waals surface area contributed by atoms with E-state index in [1.807, 2.05) is 48.9 Å². The molecule has 0 unspecified atom stereocenters. The van der Waals surface area contributed by atoms with Gasteiger partial charge < -0.3 is 10.2 Å². The fourth-order valence-corrected chi connectivity index (χ4v) is 3.82. The SMILES string of the molecule is CSc1ncc2c(n1)CCN(c1cccc(C(=O)Nc3ccc(C(C)C)cc3)n1)C2. The lowest BCUT2D eigenvalue weighted by molar-refractivity contribution is 0.102. The zero-order chi connectivity index (χ0) is 21.1. The van der Waals surface area contributed by atoms with Gasteiger partial charge in [-0.15, -0.1) is 0 Å². The Balaban J connectivity index is 1.47. The Labute approximate surface area is 181 Å². The van der Waals surface area contributed by atoms with E-state index in [2.05, 4.69) is 39.0 Å². The third kappa shape index (κ3) is 4.46. The van der Waals surface area contributed by atoms with Crippen LogP contribution in [-0.4, -0.2) is 33.7 Å². The molecule has 0 fully saturated rings. The van der Waals surface area contributed by atoms with Crippen LogP contribution in [0.15, 0.2) is 53.8 Å². The summed E-state index contributed by atoms with van der Waals surface area (Å²) < 4.78 is 0. The smallest absolute Gasteiger partial charge is 0.274 e. The van der Waals surface area contributed by atoms with E-state index < -0.39 is 0 Å². The Morgan fingerprint density at radius 3 is 2.67 bits per heavy atom. The lowest BCUT2D eigenvalue weighted by Crippen LogP contribution is -2.32. The van der Waals surface area contributed by atoms with Gasteiger partial charge >= 0.3 is 0 Å². The van der Waals surface area contributed by atoms with E-state index in [1.54, 1.807) is 17.8 Å². The average Bonchev–Trinajstić information content (AvgIpc) is 2.78. The van der Waals surface area contributed by atoms with E-state index in [1.165, 1.54) is 5.56 Å². The molecule has 30 heavy (non-hydrogen) atoms. The molecule has 0 bridgehead atoms. The number of carbonyl (C=O) groups excluding carboxylic acids is 1. The molecule has 0 saturated carbocycles. The van der Waals surface area contributed by atoms with E-state index in [0.29, 0.717) is 18.2 Å². The summed E-state index contributed by atoms with van der Waals surface area (Å²) in [5, 5.41) is 3.75. The lowest BCUT2D eigenvalue weighted by Gasteiger charge is -2.29. The molecule has 0 radical (unpaired) electrons. The number of hydrogen-bond donors (Lipinski definition) is 1. The molecular weight excluding hydrogens is 394 g/mol. The second kappa shape index (κ2) is 8.83. The number of thioether (sulfide) groups is 1. The highest BCUT2D eigenvalue weighted by Gasteiger charge is 2.20. The zero-order valence-corrected chi connectivity index (χ0v) is 18.2. The lowest BCUT2D eigenvalue weighted by atomic mass is 10.0. The van der Waals surface area contributed by atoms with Crippen molar-refractivity contribution in [3.8, 4) is 0 Å². The Bertz CT molecular complexity index is 1050. The van der Waals surface area contributed by atoms with Crippen LogP contribution in [-0.2, 0) is 13.0 Å². The summed E-state index contributed by atoms with van der Waals surface area (Å²) in [5.41, 5.74) is 4.63. The summed E-state index contributed by atoms with van der Waals surface area (Å²) >= 11 is 1.55. The number of carbonyl (C=O) groups is 1. The third-order valence-electron chi connectivity index (χ3n) is 5.22. The van der Waals surface area contributed by atoms with Crippen LogP contribution in [0.25, 0.3) is 0 Å². The van der Waals surface area contributed by atoms with Crippen molar-refractivity contribution in [3.63, 3.8) is 0 Å². The first-order chi connectivity index (χ1) is 14.5. The number of nitrogens with zero attached hydrogens (tertiary/aromatic N) is 4. The van der Waals surface area contributed by atoms with Gasteiger partial charge in [-0.05, 0) is 42.0 Å². The number of hydrogen-bond acceptors (Lipinski definition) is 6. The number of amides is 1. The number of nitrogens with one attached hydrogen (secondary N) is 1. The summed E-state index contributed by atoms with van der Waals surface area (Å²) in [6.07, 6.45) is 4.72. The van der Waals surface area contributed by atoms with Crippen LogP contribution < -0.4 is 10.2 Å². The summed E-state index contributed by atoms with van der Waals surface area (Å²) in [6, 6.07) is 13.5. The minimum absolute atomic E-state index is 0.209. The monoisotopic (exact) mass is 419 g/mol. The quantitative estimate of drug-likeness (QED) is 0.484. The van der Waals surface area contributed by atoms with Gasteiger partial charge in [0.25, 0.3) is 5.91 Å². The van der Waals surface area contributed by atoms with Crippen molar-refractivity contribution in [2.24, 2.45) is 0 Å². The second-order valence-corrected chi connectivity index (χ2v) is 8.39. The first-order valence-corrected chi connectivity index (χ1v) is 11.3. The molecule has 1 amide bonds. The van der Waals surface area contributed by atoms with Crippen LogP contribution in [0.2, 0.25) is 0 Å². The van der Waals surface area contributed by atoms with Gasteiger partial charge in [-0.2, -0.15) is 0 Å². The topological polar surface area (TPSA) is 71.0 Å². The van der Waals surface area contributed by atoms with E-state index in [9.17, 15) is 4.79 Å². The van der Waals surface area contributed by atoms with Crippen LogP contribution in [0.5, 0.6) is 0 Å². The maximum atomic E-state index is 12.7. The highest BCUT2D eigenvalue weighted by Crippen LogP contribution is 2.24. The van der Waals surface area contributed by atoms with Gasteiger partial charge in [0.1, 0.15) is 11.5 Å². The predicted molar refractivity (Wildman–Crippen MR) is 121 cm³/mol. The van der Waals surface area contributed by atoms with E-state index in [0.717, 1.165) is 40.9 Å². The van der Waals surface area contributed by atoms with Gasteiger partial charge in [0.2, 0.25) is 0 Å². The van der Waals surface area contributed by atoms with Crippen molar-refractivity contribution in [2.45, 2.75) is 37.9 Å². The normalized spacial score (nSPS) is 13.3. The van der Waals surface area contributed by atoms with Crippen molar-refractivity contribution < 1.29 is 4.79 Å². The standard InChI is InChI=1S/C23H25N5OS/c1-15(2)16-7-9-18(10-8-16)25-22(29)20-5-4-6-21(26-20)28-12-11-19-17(14-28)13-24-23(27-19)30-3/h4-10,13,15H,11-12,14H2,1-3H3,(H,25,29). The zero-order valence-electron chi connectivity index (χ0n) is 17.4. The minimum Gasteiger partial charge on any atom is -0.352 e. The fraction of sp³-hybridized carbons (Fsp3) is 0.304. The first kappa shape index (κ1) is 20.3. The largest absolute Gasteiger partial charge is 0.352 e. The summed E-state index contributed by atoms with van der Waals surface area (Å²) in [4.78, 5) is 28.5. The van der Waals surface area contributed by atoms with Crippen molar-refractivity contribution in [2.75, 3.05) is 23.0 Å². The number of aromatic nitrogens is 3. The van der Waals surface area contributed by atoms with Gasteiger partial charge in [0.15, 0.2) is 5.16 Å². The molecule has 0 saturated heterocycles. The van der Waals surface area contributed by atoms with Crippen LogP contribution >= 0.6 is 11.8 Å². The van der Waals surface area contributed by atoms with Crippen molar-refractivity contribution >= 4 is 29.2 Å². The summed E-state index contributed by atoms with van der Waals surface area (Å²) in [7, 11) is 0. The second-order valence-electron chi connectivity index (χ2n) is 7.61. The van der Waals surface area contributed by atoms with Gasteiger partial charge in [0.05, 0.1) is 5.69 Å². The molecule has 0 aliphatic carbocycles. The molecule has 6 nitrogen and oxygen atoms in total. The van der Waals surface area contributed by atoms with E-state index in [4.69, 9.17) is 0 Å². The average molecular weight is 420 g/mol. The Morgan fingerprint density at radius 1 is 1.13 bits per heavy atom. The highest BCUT2D eigenvalue weighted by atomic mass is 32.2. The molecule has 7 heteroatoms. The Kier molecular flexibility index (Phi) is 5.99. The van der Waals surface area contributed by atoms with E-state index in [-0.39, 0.29) is 5.91 Å². The molecule has 1 aliphatic heterocycles. The van der Waals surface area contributed by atoms with E-state index >= 15 is 0 Å². The third-order valence-corrected chi connectivity index (χ3v) is 5.78.